The van der Waals surface area contributed by atoms with Gasteiger partial charge in [0, 0.05) is 32.5 Å². The SMILES string of the molecule is COc1ccc(C2CC(=O)N(C(=O)N(C)Cc3ccccc3)C2)cc1OC. The molecule has 27 heavy (non-hydrogen) atoms. The van der Waals surface area contributed by atoms with Gasteiger partial charge < -0.3 is 14.4 Å². The summed E-state index contributed by atoms with van der Waals surface area (Å²) in [6, 6.07) is 15.1. The van der Waals surface area contributed by atoms with E-state index in [0.717, 1.165) is 11.1 Å². The lowest BCUT2D eigenvalue weighted by atomic mass is 9.98. The van der Waals surface area contributed by atoms with Crippen LogP contribution in [-0.4, -0.2) is 49.6 Å². The van der Waals surface area contributed by atoms with Gasteiger partial charge in [0.05, 0.1) is 14.2 Å². The quantitative estimate of drug-likeness (QED) is 0.813. The number of methoxy groups -OCH3 is 2. The Morgan fingerprint density at radius 3 is 2.48 bits per heavy atom. The summed E-state index contributed by atoms with van der Waals surface area (Å²) in [6.07, 6.45) is 0.306. The molecule has 0 bridgehead atoms. The van der Waals surface area contributed by atoms with Crippen molar-refractivity contribution in [3.8, 4) is 11.5 Å². The molecule has 0 N–H and O–H groups in total. The summed E-state index contributed by atoms with van der Waals surface area (Å²) in [5.41, 5.74) is 1.98. The normalized spacial score (nSPS) is 16.3. The smallest absolute Gasteiger partial charge is 0.326 e. The molecule has 6 nitrogen and oxygen atoms in total. The highest BCUT2D eigenvalue weighted by Gasteiger charge is 2.36. The first-order chi connectivity index (χ1) is 13.0. The lowest BCUT2D eigenvalue weighted by Crippen LogP contribution is -2.41. The average Bonchev–Trinajstić information content (AvgIpc) is 3.09. The average molecular weight is 368 g/mol. The molecule has 1 saturated heterocycles. The van der Waals surface area contributed by atoms with Crippen LogP contribution in [0.15, 0.2) is 48.5 Å². The lowest BCUT2D eigenvalue weighted by Gasteiger charge is -2.23. The summed E-state index contributed by atoms with van der Waals surface area (Å²) in [6.45, 7) is 0.830. The Hall–Kier alpha value is -3.02. The zero-order chi connectivity index (χ0) is 19.4. The molecule has 3 rings (SSSR count). The minimum Gasteiger partial charge on any atom is -0.493 e. The van der Waals surface area contributed by atoms with E-state index in [4.69, 9.17) is 9.47 Å². The molecule has 6 heteroatoms. The van der Waals surface area contributed by atoms with Crippen LogP contribution in [0, 0.1) is 0 Å². The van der Waals surface area contributed by atoms with Crippen LogP contribution < -0.4 is 9.47 Å². The van der Waals surface area contributed by atoms with Crippen LogP contribution in [0.2, 0.25) is 0 Å². The number of benzene rings is 2. The summed E-state index contributed by atoms with van der Waals surface area (Å²) in [7, 11) is 4.88. The van der Waals surface area contributed by atoms with Crippen molar-refractivity contribution in [1.29, 1.82) is 0 Å². The Balaban J connectivity index is 1.70. The van der Waals surface area contributed by atoms with E-state index in [1.165, 1.54) is 4.90 Å². The van der Waals surface area contributed by atoms with Gasteiger partial charge in [-0.25, -0.2) is 4.79 Å². The van der Waals surface area contributed by atoms with Crippen LogP contribution in [0.25, 0.3) is 0 Å². The maximum absolute atomic E-state index is 12.7. The number of rotatable bonds is 5. The summed E-state index contributed by atoms with van der Waals surface area (Å²) >= 11 is 0. The van der Waals surface area contributed by atoms with Crippen LogP contribution in [0.3, 0.4) is 0 Å². The number of nitrogens with zero attached hydrogens (tertiary/aromatic N) is 2. The standard InChI is InChI=1S/C21H24N2O4/c1-22(13-15-7-5-4-6-8-15)21(25)23-14-17(12-20(23)24)16-9-10-18(26-2)19(11-16)27-3/h4-11,17H,12-14H2,1-3H3. The molecule has 2 aromatic carbocycles. The van der Waals surface area contributed by atoms with Gasteiger partial charge in [0.1, 0.15) is 0 Å². The van der Waals surface area contributed by atoms with Crippen LogP contribution in [0.4, 0.5) is 4.79 Å². The van der Waals surface area contributed by atoms with E-state index >= 15 is 0 Å². The van der Waals surface area contributed by atoms with Crippen molar-refractivity contribution in [3.63, 3.8) is 0 Å². The van der Waals surface area contributed by atoms with Gasteiger partial charge in [-0.2, -0.15) is 0 Å². The van der Waals surface area contributed by atoms with E-state index in [2.05, 4.69) is 0 Å². The molecule has 1 aliphatic rings. The first kappa shape index (κ1) is 18.8. The van der Waals surface area contributed by atoms with Gasteiger partial charge >= 0.3 is 6.03 Å². The van der Waals surface area contributed by atoms with Crippen LogP contribution in [0.1, 0.15) is 23.5 Å². The zero-order valence-corrected chi connectivity index (χ0v) is 15.8. The van der Waals surface area contributed by atoms with Crippen molar-refractivity contribution in [2.75, 3.05) is 27.8 Å². The number of carbonyl (C=O) groups is 2. The predicted octanol–water partition coefficient (Wildman–Crippen LogP) is 3.27. The van der Waals surface area contributed by atoms with E-state index in [9.17, 15) is 9.59 Å². The van der Waals surface area contributed by atoms with Gasteiger partial charge in [0.25, 0.3) is 0 Å². The topological polar surface area (TPSA) is 59.1 Å². The molecule has 1 fully saturated rings. The minimum atomic E-state index is -0.271. The van der Waals surface area contributed by atoms with Gasteiger partial charge in [-0.05, 0) is 23.3 Å². The van der Waals surface area contributed by atoms with Gasteiger partial charge in [0.2, 0.25) is 5.91 Å². The molecule has 1 heterocycles. The first-order valence-corrected chi connectivity index (χ1v) is 8.84. The Morgan fingerprint density at radius 2 is 1.81 bits per heavy atom. The predicted molar refractivity (Wildman–Crippen MR) is 102 cm³/mol. The number of ether oxygens (including phenoxy) is 2. The molecule has 0 saturated carbocycles. The van der Waals surface area contributed by atoms with E-state index in [1.54, 1.807) is 26.2 Å². The van der Waals surface area contributed by atoms with Crippen molar-refractivity contribution in [2.24, 2.45) is 0 Å². The summed E-state index contributed by atoms with van der Waals surface area (Å²) in [5, 5.41) is 0. The molecule has 3 amide bonds. The Kier molecular flexibility index (Phi) is 5.64. The molecular weight excluding hydrogens is 344 g/mol. The van der Waals surface area contributed by atoms with Gasteiger partial charge in [-0.15, -0.1) is 0 Å². The highest BCUT2D eigenvalue weighted by molar-refractivity contribution is 5.96. The second-order valence-corrected chi connectivity index (χ2v) is 6.64. The van der Waals surface area contributed by atoms with E-state index in [1.807, 2.05) is 48.5 Å². The van der Waals surface area contributed by atoms with Crippen molar-refractivity contribution in [3.05, 3.63) is 59.7 Å². The third-order valence-corrected chi connectivity index (χ3v) is 4.82. The number of hydrogen-bond acceptors (Lipinski definition) is 4. The van der Waals surface area contributed by atoms with Crippen molar-refractivity contribution < 1.29 is 19.1 Å². The van der Waals surface area contributed by atoms with Crippen LogP contribution in [-0.2, 0) is 11.3 Å². The Bertz CT molecular complexity index is 822. The molecule has 0 aliphatic carbocycles. The number of likely N-dealkylation sites (tertiary alicyclic amines) is 1. The largest absolute Gasteiger partial charge is 0.493 e. The molecule has 0 aromatic heterocycles. The Morgan fingerprint density at radius 1 is 1.11 bits per heavy atom. The van der Waals surface area contributed by atoms with Crippen LogP contribution >= 0.6 is 0 Å². The minimum absolute atomic E-state index is 0.0496. The van der Waals surface area contributed by atoms with Gasteiger partial charge in [-0.1, -0.05) is 36.4 Å². The fourth-order valence-electron chi connectivity index (χ4n) is 3.35. The van der Waals surface area contributed by atoms with E-state index in [-0.39, 0.29) is 17.9 Å². The Labute approximate surface area is 159 Å². The molecule has 0 radical (unpaired) electrons. The van der Waals surface area contributed by atoms with Crippen molar-refractivity contribution in [2.45, 2.75) is 18.9 Å². The third-order valence-electron chi connectivity index (χ3n) is 4.82. The highest BCUT2D eigenvalue weighted by atomic mass is 16.5. The molecule has 1 aliphatic heterocycles. The number of hydrogen-bond donors (Lipinski definition) is 0. The fourth-order valence-corrected chi connectivity index (χ4v) is 3.35. The monoisotopic (exact) mass is 368 g/mol. The molecule has 1 atom stereocenters. The summed E-state index contributed by atoms with van der Waals surface area (Å²) < 4.78 is 10.6. The highest BCUT2D eigenvalue weighted by Crippen LogP contribution is 2.35. The number of urea groups is 1. The summed E-state index contributed by atoms with van der Waals surface area (Å²) in [5.74, 6) is 1.06. The molecule has 0 spiro atoms. The van der Waals surface area contributed by atoms with Gasteiger partial charge in [-0.3, -0.25) is 9.69 Å². The zero-order valence-electron chi connectivity index (χ0n) is 15.8. The second kappa shape index (κ2) is 8.12. The van der Waals surface area contributed by atoms with E-state index < -0.39 is 0 Å². The number of imide groups is 1. The van der Waals surface area contributed by atoms with Crippen molar-refractivity contribution >= 4 is 11.9 Å². The fraction of sp³-hybridized carbons (Fsp3) is 0.333. The van der Waals surface area contributed by atoms with Crippen LogP contribution in [0.5, 0.6) is 11.5 Å². The lowest BCUT2D eigenvalue weighted by molar-refractivity contribution is -0.125. The van der Waals surface area contributed by atoms with Gasteiger partial charge in [0.15, 0.2) is 11.5 Å². The molecule has 1 unspecified atom stereocenters. The number of amides is 3. The maximum Gasteiger partial charge on any atom is 0.326 e. The van der Waals surface area contributed by atoms with Crippen molar-refractivity contribution in [1.82, 2.24) is 9.80 Å². The molecule has 142 valence electrons. The number of carbonyl (C=O) groups excluding carboxylic acids is 2. The molecular formula is C21H24N2O4. The maximum atomic E-state index is 12.7. The molecule has 2 aromatic rings. The van der Waals surface area contributed by atoms with E-state index in [0.29, 0.717) is 31.0 Å². The second-order valence-electron chi connectivity index (χ2n) is 6.64. The third kappa shape index (κ3) is 4.05. The first-order valence-electron chi connectivity index (χ1n) is 8.84. The summed E-state index contributed by atoms with van der Waals surface area (Å²) in [4.78, 5) is 28.1.